The normalized spacial score (nSPS) is 11.6. The van der Waals surface area contributed by atoms with E-state index >= 15 is 0 Å². The predicted molar refractivity (Wildman–Crippen MR) is 115 cm³/mol. The van der Waals surface area contributed by atoms with E-state index in [1.807, 2.05) is 6.92 Å². The Hall–Kier alpha value is -3.58. The molecule has 0 aliphatic carbocycles. The number of nitrogens with two attached hydrogens (primary N) is 1. The third-order valence-corrected chi connectivity index (χ3v) is 4.69. The number of pyridine rings is 1. The maximum absolute atomic E-state index is 13.1. The molecule has 1 unspecified atom stereocenters. The second-order valence-electron chi connectivity index (χ2n) is 6.74. The molecule has 0 bridgehead atoms. The molecular weight excluding hydrogens is 383 g/mol. The zero-order valence-corrected chi connectivity index (χ0v) is 16.6. The number of benzene rings is 2. The van der Waals surface area contributed by atoms with Crippen molar-refractivity contribution in [2.75, 3.05) is 16.8 Å². The van der Waals surface area contributed by atoms with Crippen LogP contribution in [0.1, 0.15) is 35.3 Å². The van der Waals surface area contributed by atoms with Crippen molar-refractivity contribution >= 4 is 23.2 Å². The highest BCUT2D eigenvalue weighted by Crippen LogP contribution is 2.21. The minimum absolute atomic E-state index is 0.0910. The van der Waals surface area contributed by atoms with Gasteiger partial charge in [0.05, 0.1) is 0 Å². The number of carbonyl (C=O) groups excluding carboxylic acids is 2. The van der Waals surface area contributed by atoms with E-state index in [1.165, 1.54) is 12.1 Å². The van der Waals surface area contributed by atoms with E-state index in [0.29, 0.717) is 23.5 Å². The van der Waals surface area contributed by atoms with Gasteiger partial charge in [0.15, 0.2) is 0 Å². The van der Waals surface area contributed by atoms with Crippen molar-refractivity contribution in [3.63, 3.8) is 0 Å². The van der Waals surface area contributed by atoms with Gasteiger partial charge < -0.3 is 16.0 Å². The fraction of sp³-hybridized carbons (Fsp3) is 0.174. The third kappa shape index (κ3) is 5.27. The van der Waals surface area contributed by atoms with Crippen molar-refractivity contribution in [1.82, 2.24) is 4.98 Å². The van der Waals surface area contributed by atoms with Crippen LogP contribution in [0.5, 0.6) is 0 Å². The first-order chi connectivity index (χ1) is 14.5. The molecule has 3 rings (SSSR count). The van der Waals surface area contributed by atoms with Crippen LogP contribution in [0.15, 0.2) is 73.1 Å². The molecule has 6 nitrogen and oxygen atoms in total. The zero-order chi connectivity index (χ0) is 21.5. The number of carbonyl (C=O) groups is 2. The first-order valence-corrected chi connectivity index (χ1v) is 9.60. The Morgan fingerprint density at radius 3 is 2.27 bits per heavy atom. The van der Waals surface area contributed by atoms with Crippen molar-refractivity contribution in [3.05, 3.63) is 90.0 Å². The van der Waals surface area contributed by atoms with Gasteiger partial charge in [0, 0.05) is 48.3 Å². The minimum Gasteiger partial charge on any atom is -0.324 e. The fourth-order valence-corrected chi connectivity index (χ4v) is 3.06. The highest BCUT2D eigenvalue weighted by atomic mass is 19.1. The molecule has 1 aromatic heterocycles. The van der Waals surface area contributed by atoms with Crippen molar-refractivity contribution in [2.45, 2.75) is 19.4 Å². The predicted octanol–water partition coefficient (Wildman–Crippen LogP) is 3.92. The molecular formula is C23H23FN4O2. The number of aromatic nitrogens is 1. The van der Waals surface area contributed by atoms with Crippen molar-refractivity contribution in [2.24, 2.45) is 5.73 Å². The summed E-state index contributed by atoms with van der Waals surface area (Å²) in [4.78, 5) is 30.5. The lowest BCUT2D eigenvalue weighted by molar-refractivity contribution is -0.118. The van der Waals surface area contributed by atoms with Gasteiger partial charge in [-0.1, -0.05) is 12.1 Å². The minimum atomic E-state index is -0.524. The summed E-state index contributed by atoms with van der Waals surface area (Å²) in [5.41, 5.74) is 8.74. The summed E-state index contributed by atoms with van der Waals surface area (Å²) in [5.74, 6) is -0.756. The standard InChI is InChI=1S/C23H23FN4O2/c1-2-28(20-9-7-18(24)8-10-20)22(29)15-21(25)16-3-5-17(6-4-16)23(30)27-19-11-13-26-14-12-19/h3-14,21H,2,15,25H2,1H3,(H,26,27,30). The van der Waals surface area contributed by atoms with Crippen molar-refractivity contribution in [3.8, 4) is 0 Å². The Labute approximate surface area is 174 Å². The number of halogens is 1. The molecule has 0 fully saturated rings. The summed E-state index contributed by atoms with van der Waals surface area (Å²) >= 11 is 0. The van der Waals surface area contributed by atoms with E-state index in [9.17, 15) is 14.0 Å². The van der Waals surface area contributed by atoms with Gasteiger partial charge in [-0.25, -0.2) is 4.39 Å². The Balaban J connectivity index is 1.63. The van der Waals surface area contributed by atoms with Gasteiger partial charge in [-0.3, -0.25) is 14.6 Å². The number of hydrogen-bond acceptors (Lipinski definition) is 4. The third-order valence-electron chi connectivity index (χ3n) is 4.69. The van der Waals surface area contributed by atoms with Gasteiger partial charge in [-0.2, -0.15) is 0 Å². The Morgan fingerprint density at radius 1 is 1.03 bits per heavy atom. The van der Waals surface area contributed by atoms with Crippen LogP contribution < -0.4 is 16.0 Å². The highest BCUT2D eigenvalue weighted by Gasteiger charge is 2.19. The molecule has 3 aromatic rings. The van der Waals surface area contributed by atoms with E-state index in [0.717, 1.165) is 5.56 Å². The number of amides is 2. The smallest absolute Gasteiger partial charge is 0.255 e. The van der Waals surface area contributed by atoms with Crippen LogP contribution in [0.4, 0.5) is 15.8 Å². The number of nitrogens with one attached hydrogen (secondary N) is 1. The molecule has 0 saturated heterocycles. The molecule has 3 N–H and O–H groups in total. The summed E-state index contributed by atoms with van der Waals surface area (Å²) in [6.07, 6.45) is 3.29. The maximum atomic E-state index is 13.1. The van der Waals surface area contributed by atoms with Crippen LogP contribution in [0.25, 0.3) is 0 Å². The van der Waals surface area contributed by atoms with Crippen molar-refractivity contribution < 1.29 is 14.0 Å². The molecule has 0 saturated carbocycles. The number of rotatable bonds is 7. The molecule has 2 aromatic carbocycles. The molecule has 7 heteroatoms. The van der Waals surface area contributed by atoms with E-state index in [1.54, 1.807) is 65.8 Å². The summed E-state index contributed by atoms with van der Waals surface area (Å²) in [5, 5.41) is 2.79. The van der Waals surface area contributed by atoms with Crippen LogP contribution in [0.2, 0.25) is 0 Å². The fourth-order valence-electron chi connectivity index (χ4n) is 3.06. The van der Waals surface area contributed by atoms with Gasteiger partial charge >= 0.3 is 0 Å². The summed E-state index contributed by atoms with van der Waals surface area (Å²) in [6, 6.07) is 15.5. The molecule has 2 amide bonds. The van der Waals surface area contributed by atoms with Gasteiger partial charge in [0.1, 0.15) is 5.82 Å². The SMILES string of the molecule is CCN(C(=O)CC(N)c1ccc(C(=O)Nc2ccncc2)cc1)c1ccc(F)cc1. The van der Waals surface area contributed by atoms with Crippen molar-refractivity contribution in [1.29, 1.82) is 0 Å². The molecule has 0 aliphatic heterocycles. The molecule has 154 valence electrons. The lowest BCUT2D eigenvalue weighted by Crippen LogP contribution is -2.33. The van der Waals surface area contributed by atoms with Gasteiger partial charge in [0.2, 0.25) is 5.91 Å². The van der Waals surface area contributed by atoms with Crippen LogP contribution in [-0.2, 0) is 4.79 Å². The molecule has 0 spiro atoms. The molecule has 1 atom stereocenters. The van der Waals surface area contributed by atoms with Crippen LogP contribution in [0.3, 0.4) is 0 Å². The van der Waals surface area contributed by atoms with E-state index in [-0.39, 0.29) is 24.1 Å². The van der Waals surface area contributed by atoms with E-state index in [2.05, 4.69) is 10.3 Å². The monoisotopic (exact) mass is 406 g/mol. The highest BCUT2D eigenvalue weighted by molar-refractivity contribution is 6.04. The van der Waals surface area contributed by atoms with Crippen LogP contribution in [0, 0.1) is 5.82 Å². The number of nitrogens with zero attached hydrogens (tertiary/aromatic N) is 2. The average Bonchev–Trinajstić information content (AvgIpc) is 2.76. The quantitative estimate of drug-likeness (QED) is 0.623. The van der Waals surface area contributed by atoms with Gasteiger partial charge in [-0.15, -0.1) is 0 Å². The summed E-state index contributed by atoms with van der Waals surface area (Å²) in [6.45, 7) is 2.30. The van der Waals surface area contributed by atoms with Gasteiger partial charge in [-0.05, 0) is 61.0 Å². The Kier molecular flexibility index (Phi) is 6.87. The number of anilines is 2. The van der Waals surface area contributed by atoms with Crippen LogP contribution >= 0.6 is 0 Å². The molecule has 30 heavy (non-hydrogen) atoms. The summed E-state index contributed by atoms with van der Waals surface area (Å²) < 4.78 is 13.1. The first-order valence-electron chi connectivity index (χ1n) is 9.60. The molecule has 0 aliphatic rings. The average molecular weight is 406 g/mol. The van der Waals surface area contributed by atoms with Crippen LogP contribution in [-0.4, -0.2) is 23.3 Å². The molecule has 1 heterocycles. The topological polar surface area (TPSA) is 88.3 Å². The second kappa shape index (κ2) is 9.76. The summed E-state index contributed by atoms with van der Waals surface area (Å²) in [7, 11) is 0. The Bertz CT molecular complexity index is 992. The number of hydrogen-bond donors (Lipinski definition) is 2. The van der Waals surface area contributed by atoms with E-state index < -0.39 is 6.04 Å². The maximum Gasteiger partial charge on any atom is 0.255 e. The van der Waals surface area contributed by atoms with Gasteiger partial charge in [0.25, 0.3) is 5.91 Å². The molecule has 0 radical (unpaired) electrons. The Morgan fingerprint density at radius 2 is 1.67 bits per heavy atom. The van der Waals surface area contributed by atoms with E-state index in [4.69, 9.17) is 5.73 Å². The lowest BCUT2D eigenvalue weighted by Gasteiger charge is -2.23. The zero-order valence-electron chi connectivity index (χ0n) is 16.6. The lowest BCUT2D eigenvalue weighted by atomic mass is 10.0. The largest absolute Gasteiger partial charge is 0.324 e. The first kappa shape index (κ1) is 21.1. The second-order valence-corrected chi connectivity index (χ2v) is 6.74.